The number of rotatable bonds is 4. The van der Waals surface area contributed by atoms with Crippen molar-refractivity contribution in [1.82, 2.24) is 0 Å². The topological polar surface area (TPSA) is 52.3 Å². The molecule has 0 aliphatic heterocycles. The number of halogens is 3. The molecule has 0 amide bonds. The van der Waals surface area contributed by atoms with E-state index in [9.17, 15) is 18.0 Å². The molecule has 2 atom stereocenters. The Balaban J connectivity index is 3.40. The predicted octanol–water partition coefficient (Wildman–Crippen LogP) is 2.87. The van der Waals surface area contributed by atoms with Crippen molar-refractivity contribution >= 4 is 5.97 Å². The molecule has 112 valence electrons. The summed E-state index contributed by atoms with van der Waals surface area (Å²) in [5.74, 6) is -0.596. The Labute approximate surface area is 115 Å². The van der Waals surface area contributed by atoms with Gasteiger partial charge in [0.05, 0.1) is 19.1 Å². The van der Waals surface area contributed by atoms with Crippen LogP contribution in [0.5, 0.6) is 0 Å². The molecule has 0 radical (unpaired) electrons. The first kappa shape index (κ1) is 16.5. The van der Waals surface area contributed by atoms with E-state index < -0.39 is 29.2 Å². The van der Waals surface area contributed by atoms with Gasteiger partial charge in [0.1, 0.15) is 0 Å². The fraction of sp³-hybridized carbons (Fsp3) is 0.500. The molecule has 0 bridgehead atoms. The number of alkyl halides is 3. The van der Waals surface area contributed by atoms with Crippen LogP contribution in [0.25, 0.3) is 0 Å². The summed E-state index contributed by atoms with van der Waals surface area (Å²) in [5, 5.41) is 0. The highest BCUT2D eigenvalue weighted by molar-refractivity contribution is 5.71. The van der Waals surface area contributed by atoms with Crippen molar-refractivity contribution in [3.05, 3.63) is 35.4 Å². The summed E-state index contributed by atoms with van der Waals surface area (Å²) in [6.45, 7) is 3.12. The maximum Gasteiger partial charge on any atom is 0.416 e. The predicted molar refractivity (Wildman–Crippen MR) is 69.1 cm³/mol. The van der Waals surface area contributed by atoms with Gasteiger partial charge in [0, 0.05) is 11.5 Å². The molecule has 3 nitrogen and oxygen atoms in total. The summed E-state index contributed by atoms with van der Waals surface area (Å²) in [6, 6.07) is 4.52. The van der Waals surface area contributed by atoms with Gasteiger partial charge in [-0.05, 0) is 18.6 Å². The largest absolute Gasteiger partial charge is 0.469 e. The number of benzene rings is 1. The summed E-state index contributed by atoms with van der Waals surface area (Å²) in [5.41, 5.74) is 3.92. The van der Waals surface area contributed by atoms with Gasteiger partial charge in [0.25, 0.3) is 0 Å². The Kier molecular flexibility index (Phi) is 4.81. The van der Waals surface area contributed by atoms with Gasteiger partial charge in [-0.2, -0.15) is 13.2 Å². The van der Waals surface area contributed by atoms with Crippen LogP contribution in [0, 0.1) is 0 Å². The van der Waals surface area contributed by atoms with Crippen molar-refractivity contribution in [2.45, 2.75) is 37.9 Å². The third kappa shape index (κ3) is 3.30. The Morgan fingerprint density at radius 3 is 2.20 bits per heavy atom. The van der Waals surface area contributed by atoms with Crippen molar-refractivity contribution in [3.63, 3.8) is 0 Å². The Morgan fingerprint density at radius 2 is 1.80 bits per heavy atom. The van der Waals surface area contributed by atoms with E-state index in [1.54, 1.807) is 13.8 Å². The van der Waals surface area contributed by atoms with Gasteiger partial charge in [-0.15, -0.1) is 0 Å². The standard InChI is InChI=1S/C14H18F3NO2/c1-9(18)13(2,8-12(19)20-3)10-6-4-5-7-11(10)14(15,16)17/h4-7,9H,8,18H2,1-3H3. The van der Waals surface area contributed by atoms with Gasteiger partial charge in [0.2, 0.25) is 0 Å². The number of carbonyl (C=O) groups is 1. The molecule has 2 unspecified atom stereocenters. The number of ether oxygens (including phenoxy) is 1. The van der Waals surface area contributed by atoms with E-state index in [-0.39, 0.29) is 12.0 Å². The summed E-state index contributed by atoms with van der Waals surface area (Å²) in [7, 11) is 1.19. The van der Waals surface area contributed by atoms with E-state index in [0.29, 0.717) is 0 Å². The molecule has 0 saturated carbocycles. The minimum absolute atomic E-state index is 0.00731. The van der Waals surface area contributed by atoms with Crippen LogP contribution in [0.4, 0.5) is 13.2 Å². The molecule has 0 spiro atoms. The number of carbonyl (C=O) groups excluding carboxylic acids is 1. The summed E-state index contributed by atoms with van der Waals surface area (Å²) in [6.07, 6.45) is -4.71. The number of methoxy groups -OCH3 is 1. The van der Waals surface area contributed by atoms with Crippen LogP contribution >= 0.6 is 0 Å². The maximum atomic E-state index is 13.1. The maximum absolute atomic E-state index is 13.1. The zero-order valence-electron chi connectivity index (χ0n) is 11.6. The third-order valence-electron chi connectivity index (χ3n) is 3.59. The van der Waals surface area contributed by atoms with Gasteiger partial charge >= 0.3 is 12.1 Å². The molecule has 0 fully saturated rings. The van der Waals surface area contributed by atoms with E-state index in [0.717, 1.165) is 6.07 Å². The Bertz CT molecular complexity index is 486. The van der Waals surface area contributed by atoms with Crippen molar-refractivity contribution in [1.29, 1.82) is 0 Å². The normalized spacial score (nSPS) is 16.4. The van der Waals surface area contributed by atoms with Crippen LogP contribution < -0.4 is 5.73 Å². The molecular weight excluding hydrogens is 271 g/mol. The molecule has 1 aromatic carbocycles. The minimum Gasteiger partial charge on any atom is -0.469 e. The van der Waals surface area contributed by atoms with E-state index >= 15 is 0 Å². The lowest BCUT2D eigenvalue weighted by molar-refractivity contribution is -0.144. The van der Waals surface area contributed by atoms with Crippen LogP contribution in [0.2, 0.25) is 0 Å². The zero-order chi connectivity index (χ0) is 15.6. The highest BCUT2D eigenvalue weighted by Gasteiger charge is 2.42. The second-order valence-corrected chi connectivity index (χ2v) is 5.00. The Morgan fingerprint density at radius 1 is 1.30 bits per heavy atom. The van der Waals surface area contributed by atoms with Crippen LogP contribution in [-0.2, 0) is 21.1 Å². The second-order valence-electron chi connectivity index (χ2n) is 5.00. The van der Waals surface area contributed by atoms with Crippen LogP contribution in [0.1, 0.15) is 31.4 Å². The fourth-order valence-electron chi connectivity index (χ4n) is 2.10. The number of hydrogen-bond donors (Lipinski definition) is 1. The fourth-order valence-corrected chi connectivity index (χ4v) is 2.10. The monoisotopic (exact) mass is 289 g/mol. The van der Waals surface area contributed by atoms with Crippen molar-refractivity contribution in [3.8, 4) is 0 Å². The zero-order valence-corrected chi connectivity index (χ0v) is 11.6. The number of nitrogens with two attached hydrogens (primary N) is 1. The van der Waals surface area contributed by atoms with Crippen LogP contribution in [0.3, 0.4) is 0 Å². The second kappa shape index (κ2) is 5.83. The molecule has 0 heterocycles. The smallest absolute Gasteiger partial charge is 0.416 e. The van der Waals surface area contributed by atoms with E-state index in [4.69, 9.17) is 5.73 Å². The van der Waals surface area contributed by atoms with Gasteiger partial charge in [-0.25, -0.2) is 0 Å². The van der Waals surface area contributed by atoms with E-state index in [2.05, 4.69) is 4.74 Å². The molecule has 2 N–H and O–H groups in total. The first-order valence-corrected chi connectivity index (χ1v) is 6.12. The van der Waals surface area contributed by atoms with Crippen LogP contribution in [0.15, 0.2) is 24.3 Å². The molecule has 1 aromatic rings. The van der Waals surface area contributed by atoms with Crippen molar-refractivity contribution < 1.29 is 22.7 Å². The summed E-state index contributed by atoms with van der Waals surface area (Å²) >= 11 is 0. The van der Waals surface area contributed by atoms with Gasteiger partial charge in [-0.1, -0.05) is 25.1 Å². The third-order valence-corrected chi connectivity index (χ3v) is 3.59. The lowest BCUT2D eigenvalue weighted by Gasteiger charge is -2.35. The Hall–Kier alpha value is -1.56. The molecular formula is C14H18F3NO2. The molecule has 0 aliphatic carbocycles. The highest BCUT2D eigenvalue weighted by atomic mass is 19.4. The summed E-state index contributed by atoms with van der Waals surface area (Å²) < 4.78 is 43.9. The average Bonchev–Trinajstić information content (AvgIpc) is 2.37. The first-order chi connectivity index (χ1) is 9.13. The van der Waals surface area contributed by atoms with E-state index in [1.165, 1.54) is 25.3 Å². The van der Waals surface area contributed by atoms with Gasteiger partial charge in [0.15, 0.2) is 0 Å². The average molecular weight is 289 g/mol. The van der Waals surface area contributed by atoms with E-state index in [1.807, 2.05) is 0 Å². The van der Waals surface area contributed by atoms with Crippen molar-refractivity contribution in [2.75, 3.05) is 7.11 Å². The highest BCUT2D eigenvalue weighted by Crippen LogP contribution is 2.40. The van der Waals surface area contributed by atoms with Gasteiger partial charge < -0.3 is 10.5 Å². The molecule has 20 heavy (non-hydrogen) atoms. The minimum atomic E-state index is -4.50. The SMILES string of the molecule is COC(=O)CC(C)(c1ccccc1C(F)(F)F)C(C)N. The van der Waals surface area contributed by atoms with Crippen LogP contribution in [-0.4, -0.2) is 19.1 Å². The number of esters is 1. The molecule has 6 heteroatoms. The lowest BCUT2D eigenvalue weighted by atomic mass is 9.72. The quantitative estimate of drug-likeness (QED) is 0.867. The van der Waals surface area contributed by atoms with Gasteiger partial charge in [-0.3, -0.25) is 4.79 Å². The molecule has 0 aliphatic rings. The molecule has 1 rings (SSSR count). The molecule has 0 saturated heterocycles. The lowest BCUT2D eigenvalue weighted by Crippen LogP contribution is -2.44. The summed E-state index contributed by atoms with van der Waals surface area (Å²) in [4.78, 5) is 11.5. The van der Waals surface area contributed by atoms with Crippen molar-refractivity contribution in [2.24, 2.45) is 5.73 Å². The molecule has 0 aromatic heterocycles. The number of hydrogen-bond acceptors (Lipinski definition) is 3. The first-order valence-electron chi connectivity index (χ1n) is 6.12.